The summed E-state index contributed by atoms with van der Waals surface area (Å²) in [5, 5.41) is 9.96. The van der Waals surface area contributed by atoms with Gasteiger partial charge in [0.25, 0.3) is 0 Å². The van der Waals surface area contributed by atoms with Crippen molar-refractivity contribution in [3.05, 3.63) is 35.9 Å². The summed E-state index contributed by atoms with van der Waals surface area (Å²) in [6.45, 7) is 7.05. The van der Waals surface area contributed by atoms with Crippen molar-refractivity contribution < 1.29 is 27.4 Å². The maximum atomic E-state index is 14.1. The first-order chi connectivity index (χ1) is 19.8. The molecule has 0 spiro atoms. The van der Waals surface area contributed by atoms with Gasteiger partial charge in [-0.1, -0.05) is 6.92 Å². The Morgan fingerprint density at radius 2 is 1.95 bits per heavy atom. The maximum absolute atomic E-state index is 14.1. The van der Waals surface area contributed by atoms with E-state index in [2.05, 4.69) is 26.8 Å². The third-order valence-electron chi connectivity index (χ3n) is 7.74. The Hall–Kier alpha value is -3.76. The minimum Gasteiger partial charge on any atom is -0.477 e. The summed E-state index contributed by atoms with van der Waals surface area (Å²) < 4.78 is 54.8. The zero-order valence-electron chi connectivity index (χ0n) is 22.9. The van der Waals surface area contributed by atoms with E-state index in [4.69, 9.17) is 9.47 Å². The first kappa shape index (κ1) is 28.8. The molecule has 0 atom stereocenters. The molecule has 2 aliphatic rings. The lowest BCUT2D eigenvalue weighted by molar-refractivity contribution is -0.139. The van der Waals surface area contributed by atoms with E-state index in [0.717, 1.165) is 38.5 Å². The van der Waals surface area contributed by atoms with Crippen molar-refractivity contribution in [3.63, 3.8) is 0 Å². The summed E-state index contributed by atoms with van der Waals surface area (Å²) in [4.78, 5) is 29.3. The average molecular weight is 572 g/mol. The van der Waals surface area contributed by atoms with Gasteiger partial charge in [0.15, 0.2) is 0 Å². The molecule has 2 saturated heterocycles. The van der Waals surface area contributed by atoms with Gasteiger partial charge in [-0.25, -0.2) is 15.0 Å². The van der Waals surface area contributed by atoms with Gasteiger partial charge in [0.2, 0.25) is 17.6 Å². The van der Waals surface area contributed by atoms with E-state index in [-0.39, 0.29) is 41.8 Å². The van der Waals surface area contributed by atoms with Gasteiger partial charge in [-0.3, -0.25) is 4.79 Å². The Bertz CT molecular complexity index is 1420. The largest absolute Gasteiger partial charge is 0.477 e. The number of piperidine rings is 1. The van der Waals surface area contributed by atoms with Crippen LogP contribution in [0.1, 0.15) is 37.6 Å². The molecule has 2 fully saturated rings. The fraction of sp³-hybridized carbons (Fsp3) is 0.536. The third kappa shape index (κ3) is 6.60. The number of rotatable bonds is 8. The van der Waals surface area contributed by atoms with Crippen LogP contribution in [-0.2, 0) is 22.3 Å². The number of ether oxygens (including phenoxy) is 2. The fourth-order valence-corrected chi connectivity index (χ4v) is 5.33. The molecule has 0 bridgehead atoms. The van der Waals surface area contributed by atoms with E-state index in [1.165, 1.54) is 6.20 Å². The molecule has 0 saturated carbocycles. The molecule has 0 N–H and O–H groups in total. The number of pyridine rings is 1. The van der Waals surface area contributed by atoms with E-state index >= 15 is 0 Å². The maximum Gasteiger partial charge on any atom is 0.421 e. The number of carbonyl (C=O) groups excluding carboxylic acids is 1. The van der Waals surface area contributed by atoms with E-state index in [0.29, 0.717) is 44.0 Å². The van der Waals surface area contributed by atoms with E-state index in [1.807, 2.05) is 6.07 Å². The van der Waals surface area contributed by atoms with Crippen LogP contribution in [-0.4, -0.2) is 87.8 Å². The SMILES string of the molecule is CCN1CCC(CCOc2ncc(-c3nc(C#N)nc4c3ccn4CC(=O)N3CCOCC3)cc2C(F)(F)F)CC1. The van der Waals surface area contributed by atoms with Crippen molar-refractivity contribution in [1.82, 2.24) is 29.3 Å². The summed E-state index contributed by atoms with van der Waals surface area (Å²) >= 11 is 0. The second kappa shape index (κ2) is 12.4. The number of amides is 1. The highest BCUT2D eigenvalue weighted by atomic mass is 19.4. The van der Waals surface area contributed by atoms with Gasteiger partial charge in [0.05, 0.1) is 25.5 Å². The van der Waals surface area contributed by atoms with Crippen LogP contribution in [0.3, 0.4) is 0 Å². The van der Waals surface area contributed by atoms with Gasteiger partial charge in [0.1, 0.15) is 23.8 Å². The second-order valence-electron chi connectivity index (χ2n) is 10.3. The normalized spacial score (nSPS) is 17.1. The molecule has 3 aromatic heterocycles. The van der Waals surface area contributed by atoms with Crippen molar-refractivity contribution in [1.29, 1.82) is 5.26 Å². The van der Waals surface area contributed by atoms with Crippen LogP contribution in [0.15, 0.2) is 24.5 Å². The van der Waals surface area contributed by atoms with Crippen LogP contribution >= 0.6 is 0 Å². The smallest absolute Gasteiger partial charge is 0.421 e. The number of alkyl halides is 3. The van der Waals surface area contributed by atoms with Crippen LogP contribution in [0, 0.1) is 17.2 Å². The van der Waals surface area contributed by atoms with Crippen LogP contribution in [0.4, 0.5) is 13.2 Å². The summed E-state index contributed by atoms with van der Waals surface area (Å²) in [5.74, 6) is -0.451. The molecule has 0 aromatic carbocycles. The molecule has 5 rings (SSSR count). The lowest BCUT2D eigenvalue weighted by atomic mass is 9.94. The van der Waals surface area contributed by atoms with Crippen molar-refractivity contribution in [2.24, 2.45) is 5.92 Å². The Morgan fingerprint density at radius 1 is 1.20 bits per heavy atom. The molecule has 2 aliphatic heterocycles. The third-order valence-corrected chi connectivity index (χ3v) is 7.74. The van der Waals surface area contributed by atoms with Crippen LogP contribution in [0.5, 0.6) is 5.88 Å². The molecule has 5 heterocycles. The molecule has 0 aliphatic carbocycles. The van der Waals surface area contributed by atoms with Crippen molar-refractivity contribution in [2.45, 2.75) is 38.9 Å². The first-order valence-corrected chi connectivity index (χ1v) is 13.8. The number of nitrogens with zero attached hydrogens (tertiary/aromatic N) is 7. The number of likely N-dealkylation sites (tertiary alicyclic amines) is 1. The van der Waals surface area contributed by atoms with Crippen molar-refractivity contribution >= 4 is 16.9 Å². The zero-order valence-corrected chi connectivity index (χ0v) is 22.9. The molecule has 1 amide bonds. The monoisotopic (exact) mass is 571 g/mol. The summed E-state index contributed by atoms with van der Waals surface area (Å²) in [5.41, 5.74) is -0.548. The molecular formula is C28H32F3N7O3. The summed E-state index contributed by atoms with van der Waals surface area (Å²) in [7, 11) is 0. The molecule has 218 valence electrons. The van der Waals surface area contributed by atoms with Crippen LogP contribution in [0.25, 0.3) is 22.3 Å². The Labute approximate surface area is 235 Å². The number of carbonyl (C=O) groups is 1. The minimum absolute atomic E-state index is 0.0406. The van der Waals surface area contributed by atoms with Crippen LogP contribution in [0.2, 0.25) is 0 Å². The fourth-order valence-electron chi connectivity index (χ4n) is 5.33. The van der Waals surface area contributed by atoms with Gasteiger partial charge >= 0.3 is 6.18 Å². The second-order valence-corrected chi connectivity index (χ2v) is 10.3. The standard InChI is InChI=1S/C28H32F3N7O3/c1-2-36-7-3-19(4-8-36)6-12-41-27-22(28(29,30)31)15-20(17-33-27)25-21-5-9-38(26(21)35-23(16-32)34-25)18-24(39)37-10-13-40-14-11-37/h5,9,15,17,19H,2-4,6-8,10-14,18H2,1H3. The van der Waals surface area contributed by atoms with E-state index in [9.17, 15) is 23.2 Å². The van der Waals surface area contributed by atoms with Gasteiger partial charge in [-0.15, -0.1) is 0 Å². The predicted molar refractivity (Wildman–Crippen MR) is 143 cm³/mol. The Morgan fingerprint density at radius 3 is 2.63 bits per heavy atom. The van der Waals surface area contributed by atoms with Gasteiger partial charge in [0, 0.05) is 36.4 Å². The minimum atomic E-state index is -4.72. The molecule has 13 heteroatoms. The Kier molecular flexibility index (Phi) is 8.70. The lowest BCUT2D eigenvalue weighted by Gasteiger charge is -2.30. The van der Waals surface area contributed by atoms with Gasteiger partial charge in [-0.05, 0) is 56.9 Å². The van der Waals surface area contributed by atoms with E-state index < -0.39 is 17.6 Å². The molecule has 41 heavy (non-hydrogen) atoms. The molecule has 3 aromatic rings. The van der Waals surface area contributed by atoms with Gasteiger partial charge in [-0.2, -0.15) is 18.4 Å². The molecule has 0 radical (unpaired) electrons. The molecule has 10 nitrogen and oxygen atoms in total. The lowest BCUT2D eigenvalue weighted by Crippen LogP contribution is -2.42. The summed E-state index contributed by atoms with van der Waals surface area (Å²) in [6.07, 6.45) is 0.821. The van der Waals surface area contributed by atoms with Gasteiger partial charge < -0.3 is 23.8 Å². The number of nitriles is 1. The number of hydrogen-bond acceptors (Lipinski definition) is 8. The molecular weight excluding hydrogens is 539 g/mol. The zero-order chi connectivity index (χ0) is 29.0. The highest BCUT2D eigenvalue weighted by Crippen LogP contribution is 2.38. The average Bonchev–Trinajstić information content (AvgIpc) is 3.39. The highest BCUT2D eigenvalue weighted by molar-refractivity contribution is 5.92. The predicted octanol–water partition coefficient (Wildman–Crippen LogP) is 3.74. The number of aromatic nitrogens is 4. The van der Waals surface area contributed by atoms with E-state index in [1.54, 1.807) is 21.7 Å². The van der Waals surface area contributed by atoms with Crippen molar-refractivity contribution in [2.75, 3.05) is 52.5 Å². The summed E-state index contributed by atoms with van der Waals surface area (Å²) in [6, 6.07) is 4.44. The molecule has 0 unspecified atom stereocenters. The first-order valence-electron chi connectivity index (χ1n) is 13.8. The topological polar surface area (TPSA) is 109 Å². The number of fused-ring (bicyclic) bond motifs is 1. The number of halogens is 3. The highest BCUT2D eigenvalue weighted by Gasteiger charge is 2.36. The van der Waals surface area contributed by atoms with Crippen LogP contribution < -0.4 is 4.74 Å². The quantitative estimate of drug-likeness (QED) is 0.402. The number of morpholine rings is 1. The Balaban J connectivity index is 1.39. The van der Waals surface area contributed by atoms with Crippen molar-refractivity contribution in [3.8, 4) is 23.2 Å². The number of hydrogen-bond donors (Lipinski definition) is 0.